The van der Waals surface area contributed by atoms with Gasteiger partial charge >= 0.3 is 5.97 Å². The van der Waals surface area contributed by atoms with Gasteiger partial charge in [-0.15, -0.1) is 6.58 Å². The zero-order valence-electron chi connectivity index (χ0n) is 23.8. The van der Waals surface area contributed by atoms with Gasteiger partial charge in [0.15, 0.2) is 5.79 Å². The van der Waals surface area contributed by atoms with Crippen LogP contribution in [0.2, 0.25) is 0 Å². The Morgan fingerprint density at radius 1 is 1.13 bits per heavy atom. The van der Waals surface area contributed by atoms with Crippen LogP contribution in [0.5, 0.6) is 11.5 Å². The summed E-state index contributed by atoms with van der Waals surface area (Å²) < 4.78 is 24.2. The number of phenolic OH excluding ortho intramolecular Hbond substituents is 1. The third-order valence-corrected chi connectivity index (χ3v) is 8.21. The monoisotopic (exact) mass is 534 g/mol. The molecule has 2 aromatic carbocycles. The molecule has 0 bridgehead atoms. The Kier molecular flexibility index (Phi) is 9.19. The lowest BCUT2D eigenvalue weighted by atomic mass is 9.84. The molecule has 2 heterocycles. The SMILES string of the molecule is C=CC[C@@H](C)[C@H]1O[C@@](C)(c2ccccc2)O[C@@H](C/C=C\C[C@H](C)[C@H]2Cc3cc(OC)cc(O)c3C(=O)O2)[C@H]1C. The normalized spacial score (nSPS) is 28.4. The van der Waals surface area contributed by atoms with E-state index in [-0.39, 0.29) is 41.5 Å². The first-order valence-electron chi connectivity index (χ1n) is 13.9. The van der Waals surface area contributed by atoms with Crippen molar-refractivity contribution in [2.75, 3.05) is 7.11 Å². The zero-order valence-corrected chi connectivity index (χ0v) is 23.8. The van der Waals surface area contributed by atoms with Gasteiger partial charge in [-0.1, -0.05) is 69.3 Å². The van der Waals surface area contributed by atoms with Crippen LogP contribution in [0.15, 0.2) is 67.3 Å². The zero-order chi connectivity index (χ0) is 28.2. The summed E-state index contributed by atoms with van der Waals surface area (Å²) in [6.45, 7) is 12.5. The molecule has 0 spiro atoms. The molecule has 2 aliphatic heterocycles. The third-order valence-electron chi connectivity index (χ3n) is 8.21. The second kappa shape index (κ2) is 12.4. The van der Waals surface area contributed by atoms with Crippen LogP contribution >= 0.6 is 0 Å². The van der Waals surface area contributed by atoms with Gasteiger partial charge in [0.2, 0.25) is 0 Å². The maximum Gasteiger partial charge on any atom is 0.342 e. The van der Waals surface area contributed by atoms with Gasteiger partial charge in [-0.3, -0.25) is 0 Å². The number of hydrogen-bond donors (Lipinski definition) is 1. The molecule has 0 saturated carbocycles. The Morgan fingerprint density at radius 2 is 1.87 bits per heavy atom. The summed E-state index contributed by atoms with van der Waals surface area (Å²) in [5.41, 5.74) is 2.01. The van der Waals surface area contributed by atoms with E-state index in [0.717, 1.165) is 30.4 Å². The van der Waals surface area contributed by atoms with Gasteiger partial charge in [0.25, 0.3) is 0 Å². The second-order valence-corrected chi connectivity index (χ2v) is 11.2. The van der Waals surface area contributed by atoms with E-state index in [9.17, 15) is 9.90 Å². The molecular weight excluding hydrogens is 492 g/mol. The lowest BCUT2D eigenvalue weighted by Crippen LogP contribution is -2.51. The van der Waals surface area contributed by atoms with Gasteiger partial charge in [0.05, 0.1) is 19.3 Å². The Labute approximate surface area is 232 Å². The number of esters is 1. The van der Waals surface area contributed by atoms with Crippen LogP contribution in [0.25, 0.3) is 0 Å². The molecule has 210 valence electrons. The number of carbonyl (C=O) groups excluding carboxylic acids is 1. The molecule has 0 unspecified atom stereocenters. The van der Waals surface area contributed by atoms with E-state index in [2.05, 4.69) is 51.6 Å². The van der Waals surface area contributed by atoms with Crippen LogP contribution in [0.3, 0.4) is 0 Å². The van der Waals surface area contributed by atoms with E-state index in [0.29, 0.717) is 18.1 Å². The molecule has 1 fully saturated rings. The number of methoxy groups -OCH3 is 1. The third kappa shape index (κ3) is 6.39. The number of ether oxygens (including phenoxy) is 4. The minimum atomic E-state index is -0.823. The van der Waals surface area contributed by atoms with E-state index < -0.39 is 11.8 Å². The van der Waals surface area contributed by atoms with Gasteiger partial charge < -0.3 is 24.1 Å². The first-order chi connectivity index (χ1) is 18.7. The maximum absolute atomic E-state index is 12.6. The second-order valence-electron chi connectivity index (χ2n) is 11.2. The molecule has 6 nitrogen and oxygen atoms in total. The quantitative estimate of drug-likeness (QED) is 0.262. The predicted molar refractivity (Wildman–Crippen MR) is 152 cm³/mol. The predicted octanol–water partition coefficient (Wildman–Crippen LogP) is 6.96. The van der Waals surface area contributed by atoms with Crippen molar-refractivity contribution in [3.8, 4) is 11.5 Å². The van der Waals surface area contributed by atoms with E-state index >= 15 is 0 Å². The molecule has 6 heteroatoms. The van der Waals surface area contributed by atoms with E-state index in [4.69, 9.17) is 18.9 Å². The summed E-state index contributed by atoms with van der Waals surface area (Å²) in [5, 5.41) is 10.3. The topological polar surface area (TPSA) is 74.2 Å². The average Bonchev–Trinajstić information content (AvgIpc) is 2.92. The fraction of sp³-hybridized carbons (Fsp3) is 0.485. The fourth-order valence-electron chi connectivity index (χ4n) is 5.81. The van der Waals surface area contributed by atoms with Gasteiger partial charge in [-0.2, -0.15) is 0 Å². The number of cyclic esters (lactones) is 1. The molecule has 1 saturated heterocycles. The molecule has 0 aliphatic carbocycles. The lowest BCUT2D eigenvalue weighted by Gasteiger charge is -2.48. The van der Waals surface area contributed by atoms with Crippen LogP contribution in [-0.4, -0.2) is 36.5 Å². The first-order valence-corrected chi connectivity index (χ1v) is 13.9. The molecule has 0 aromatic heterocycles. The van der Waals surface area contributed by atoms with Gasteiger partial charge in [0, 0.05) is 24.0 Å². The Balaban J connectivity index is 1.42. The number of aromatic hydroxyl groups is 1. The van der Waals surface area contributed by atoms with Crippen molar-refractivity contribution >= 4 is 5.97 Å². The summed E-state index contributed by atoms with van der Waals surface area (Å²) in [6, 6.07) is 13.4. The molecule has 0 radical (unpaired) electrons. The van der Waals surface area contributed by atoms with Crippen LogP contribution in [0.4, 0.5) is 0 Å². The summed E-state index contributed by atoms with van der Waals surface area (Å²) in [7, 11) is 1.54. The number of fused-ring (bicyclic) bond motifs is 1. The highest BCUT2D eigenvalue weighted by atomic mass is 16.7. The van der Waals surface area contributed by atoms with Crippen molar-refractivity contribution in [3.63, 3.8) is 0 Å². The van der Waals surface area contributed by atoms with Crippen LogP contribution < -0.4 is 4.74 Å². The number of allylic oxidation sites excluding steroid dienone is 2. The molecule has 0 amide bonds. The van der Waals surface area contributed by atoms with Crippen LogP contribution in [0, 0.1) is 17.8 Å². The Hall–Kier alpha value is -3.09. The summed E-state index contributed by atoms with van der Waals surface area (Å²) in [6.07, 6.45) is 8.98. The molecule has 7 atom stereocenters. The van der Waals surface area contributed by atoms with Crippen molar-refractivity contribution in [2.24, 2.45) is 17.8 Å². The molecule has 4 rings (SSSR count). The highest BCUT2D eigenvalue weighted by Crippen LogP contribution is 2.42. The summed E-state index contributed by atoms with van der Waals surface area (Å²) in [4.78, 5) is 12.6. The largest absolute Gasteiger partial charge is 0.507 e. The average molecular weight is 535 g/mol. The minimum Gasteiger partial charge on any atom is -0.507 e. The van der Waals surface area contributed by atoms with Crippen molar-refractivity contribution in [1.29, 1.82) is 0 Å². The maximum atomic E-state index is 12.6. The number of rotatable bonds is 10. The Bertz CT molecular complexity index is 1170. The van der Waals surface area contributed by atoms with Crippen molar-refractivity contribution in [1.82, 2.24) is 0 Å². The highest BCUT2D eigenvalue weighted by Gasteiger charge is 2.45. The highest BCUT2D eigenvalue weighted by molar-refractivity contribution is 5.95. The van der Waals surface area contributed by atoms with Crippen molar-refractivity contribution in [3.05, 3.63) is 84.0 Å². The van der Waals surface area contributed by atoms with E-state index in [1.165, 1.54) is 6.07 Å². The smallest absolute Gasteiger partial charge is 0.342 e. The number of benzene rings is 2. The van der Waals surface area contributed by atoms with Crippen molar-refractivity contribution < 1.29 is 28.8 Å². The van der Waals surface area contributed by atoms with Crippen LogP contribution in [0.1, 0.15) is 68.4 Å². The number of hydrogen-bond acceptors (Lipinski definition) is 6. The van der Waals surface area contributed by atoms with E-state index in [1.807, 2.05) is 37.3 Å². The molecular formula is C33H42O6. The number of carbonyl (C=O) groups is 1. The van der Waals surface area contributed by atoms with Gasteiger partial charge in [-0.05, 0) is 49.7 Å². The molecule has 39 heavy (non-hydrogen) atoms. The first kappa shape index (κ1) is 28.9. The van der Waals surface area contributed by atoms with Gasteiger partial charge in [-0.25, -0.2) is 4.79 Å². The summed E-state index contributed by atoms with van der Waals surface area (Å²) in [5.74, 6) is -0.253. The fourth-order valence-corrected chi connectivity index (χ4v) is 5.81. The van der Waals surface area contributed by atoms with Crippen molar-refractivity contribution in [2.45, 2.75) is 77.5 Å². The standard InChI is InChI=1S/C33H42O6/c1-7-13-22(3)31-23(4)28(38-33(5,39-31)25-15-9-8-10-16-25)17-12-11-14-21(2)29-19-24-18-26(36-6)20-27(34)30(24)32(35)37-29/h7-12,15-16,18,20-23,28-29,31,34H,1,13-14,17,19H2,2-6H3/b12-11-/t21-,22+,23+,28-,29+,31+,33-/m0/s1. The Morgan fingerprint density at radius 3 is 2.56 bits per heavy atom. The van der Waals surface area contributed by atoms with Gasteiger partial charge in [0.1, 0.15) is 23.2 Å². The molecule has 2 aromatic rings. The lowest BCUT2D eigenvalue weighted by molar-refractivity contribution is -0.343. The van der Waals surface area contributed by atoms with Crippen LogP contribution in [-0.2, 0) is 26.4 Å². The number of phenols is 1. The van der Waals surface area contributed by atoms with E-state index in [1.54, 1.807) is 7.11 Å². The summed E-state index contributed by atoms with van der Waals surface area (Å²) >= 11 is 0. The molecule has 1 N–H and O–H groups in total. The molecule has 2 aliphatic rings. The minimum absolute atomic E-state index is 0.0115.